The number of nitrogens with zero attached hydrogens (tertiary/aromatic N) is 2. The zero-order valence-corrected chi connectivity index (χ0v) is 26.7. The number of benzene rings is 4. The first-order chi connectivity index (χ1) is 22.0. The second kappa shape index (κ2) is 12.2. The summed E-state index contributed by atoms with van der Waals surface area (Å²) in [5.74, 6) is 0. The summed E-state index contributed by atoms with van der Waals surface area (Å²) in [5, 5.41) is 5.12. The minimum absolute atomic E-state index is 0.227. The zero-order chi connectivity index (χ0) is 31.6. The highest BCUT2D eigenvalue weighted by Crippen LogP contribution is 2.54. The predicted molar refractivity (Wildman–Crippen MR) is 196 cm³/mol. The van der Waals surface area contributed by atoms with E-state index in [-0.39, 0.29) is 10.8 Å². The van der Waals surface area contributed by atoms with Crippen LogP contribution >= 0.6 is 0 Å². The summed E-state index contributed by atoms with van der Waals surface area (Å²) in [7, 11) is 4.36. The Morgan fingerprint density at radius 2 is 1.20 bits per heavy atom. The third kappa shape index (κ3) is 4.68. The van der Waals surface area contributed by atoms with Gasteiger partial charge in [-0.2, -0.15) is 4.58 Å². The average Bonchev–Trinajstić information content (AvgIpc) is 3.42. The normalized spacial score (nSPS) is 17.5. The van der Waals surface area contributed by atoms with Crippen molar-refractivity contribution in [3.8, 4) is 0 Å². The van der Waals surface area contributed by atoms with Crippen molar-refractivity contribution in [3.05, 3.63) is 171 Å². The number of allylic oxidation sites excluding steroid dienone is 10. The first-order valence-electron chi connectivity index (χ1n) is 15.9. The van der Waals surface area contributed by atoms with E-state index in [9.17, 15) is 0 Å². The van der Waals surface area contributed by atoms with E-state index < -0.39 is 0 Å². The van der Waals surface area contributed by atoms with E-state index in [1.807, 2.05) is 0 Å². The molecule has 0 amide bonds. The highest BCUT2D eigenvalue weighted by Gasteiger charge is 2.49. The number of likely N-dealkylation sites (N-methyl/N-ethyl adjacent to an activating group) is 1. The lowest BCUT2D eigenvalue weighted by Gasteiger charge is -2.31. The van der Waals surface area contributed by atoms with Crippen LogP contribution in [0.4, 0.5) is 11.4 Å². The smallest absolute Gasteiger partial charge is 0.210 e. The average molecular weight is 588 g/mol. The molecule has 4 aromatic rings. The van der Waals surface area contributed by atoms with Gasteiger partial charge >= 0.3 is 0 Å². The largest absolute Gasteiger partial charge is 0.347 e. The highest BCUT2D eigenvalue weighted by molar-refractivity contribution is 6.08. The molecule has 0 N–H and O–H groups in total. The fraction of sp³-hybridized carbons (Fsp3) is 0.186. The van der Waals surface area contributed by atoms with Gasteiger partial charge in [-0.1, -0.05) is 97.1 Å². The van der Waals surface area contributed by atoms with E-state index in [1.165, 1.54) is 55.5 Å². The minimum atomic E-state index is -0.227. The Labute approximate surface area is 268 Å². The molecule has 4 aromatic carbocycles. The number of anilines is 1. The standard InChI is InChI=1S/C43H43N2/c1-7-28-42(29-8-2)38(44(5)36-26-24-32-18-14-16-20-34(32)40(36)42)22-12-11-13-23-39-43(30-9-3,31-10-4)41-35-21-17-15-19-33(35)25-27-37(41)45(39)6/h7-27H,1-4,28-31H2,5-6H3/q+1. The van der Waals surface area contributed by atoms with Crippen LogP contribution in [0.3, 0.4) is 0 Å². The van der Waals surface area contributed by atoms with Gasteiger partial charge in [-0.15, -0.1) is 26.3 Å². The van der Waals surface area contributed by atoms with Crippen LogP contribution in [0.1, 0.15) is 36.8 Å². The van der Waals surface area contributed by atoms with Crippen LogP contribution < -0.4 is 4.90 Å². The molecule has 2 heteroatoms. The molecule has 2 heterocycles. The lowest BCUT2D eigenvalue weighted by molar-refractivity contribution is -0.401. The summed E-state index contributed by atoms with van der Waals surface area (Å²) in [6, 6.07) is 26.4. The Morgan fingerprint density at radius 3 is 1.82 bits per heavy atom. The Kier molecular flexibility index (Phi) is 8.16. The summed E-state index contributed by atoms with van der Waals surface area (Å²) in [6.45, 7) is 16.7. The molecule has 0 radical (unpaired) electrons. The molecule has 0 saturated heterocycles. The van der Waals surface area contributed by atoms with Crippen molar-refractivity contribution in [3.63, 3.8) is 0 Å². The summed E-state index contributed by atoms with van der Waals surface area (Å²) in [6.07, 6.45) is 22.6. The lowest BCUT2D eigenvalue weighted by Crippen LogP contribution is -2.33. The molecule has 0 saturated carbocycles. The van der Waals surface area contributed by atoms with Crippen LogP contribution in [-0.4, -0.2) is 24.4 Å². The molecule has 2 nitrogen and oxygen atoms in total. The molecule has 0 aromatic heterocycles. The second-order valence-electron chi connectivity index (χ2n) is 12.3. The van der Waals surface area contributed by atoms with E-state index in [0.29, 0.717) is 0 Å². The topological polar surface area (TPSA) is 6.25 Å². The predicted octanol–water partition coefficient (Wildman–Crippen LogP) is 10.6. The SMILES string of the molecule is C=CCC1(CC=C)C(=CC=CC=CC2=[N+](C)c3ccc4ccccc4c3C2(CC=C)CC=C)N(C)c2ccc3ccccc3c21. The van der Waals surface area contributed by atoms with E-state index >= 15 is 0 Å². The van der Waals surface area contributed by atoms with Crippen molar-refractivity contribution in [2.75, 3.05) is 19.0 Å². The van der Waals surface area contributed by atoms with E-state index in [0.717, 1.165) is 25.7 Å². The Bertz CT molecular complexity index is 1940. The maximum atomic E-state index is 4.17. The van der Waals surface area contributed by atoms with Gasteiger partial charge in [0.2, 0.25) is 5.69 Å². The van der Waals surface area contributed by atoms with Crippen LogP contribution in [0.25, 0.3) is 21.5 Å². The summed E-state index contributed by atoms with van der Waals surface area (Å²) in [5.41, 5.74) is 7.29. The van der Waals surface area contributed by atoms with Crippen molar-refractivity contribution in [1.29, 1.82) is 0 Å². The Morgan fingerprint density at radius 1 is 0.644 bits per heavy atom. The van der Waals surface area contributed by atoms with Crippen LogP contribution in [0, 0.1) is 0 Å². The molecular weight excluding hydrogens is 544 g/mol. The second-order valence-corrected chi connectivity index (χ2v) is 12.3. The molecule has 0 atom stereocenters. The molecule has 224 valence electrons. The van der Waals surface area contributed by atoms with Gasteiger partial charge in [0.15, 0.2) is 5.71 Å². The summed E-state index contributed by atoms with van der Waals surface area (Å²) < 4.78 is 2.35. The fourth-order valence-corrected chi connectivity index (χ4v) is 8.12. The molecule has 0 unspecified atom stereocenters. The van der Waals surface area contributed by atoms with Crippen molar-refractivity contribution in [1.82, 2.24) is 0 Å². The highest BCUT2D eigenvalue weighted by atomic mass is 15.2. The molecule has 2 aliphatic heterocycles. The minimum Gasteiger partial charge on any atom is -0.347 e. The molecule has 0 fully saturated rings. The molecule has 0 spiro atoms. The fourth-order valence-electron chi connectivity index (χ4n) is 8.12. The molecule has 0 aliphatic carbocycles. The van der Waals surface area contributed by atoms with Crippen molar-refractivity contribution in [2.24, 2.45) is 0 Å². The maximum Gasteiger partial charge on any atom is 0.210 e. The van der Waals surface area contributed by atoms with Gasteiger partial charge in [-0.05, 0) is 71.0 Å². The zero-order valence-electron chi connectivity index (χ0n) is 26.7. The number of hydrogen-bond donors (Lipinski definition) is 0. The summed E-state index contributed by atoms with van der Waals surface area (Å²) in [4.78, 5) is 2.35. The van der Waals surface area contributed by atoms with E-state index in [4.69, 9.17) is 0 Å². The number of fused-ring (bicyclic) bond motifs is 6. The van der Waals surface area contributed by atoms with Gasteiger partial charge in [0, 0.05) is 41.6 Å². The molecule has 6 rings (SSSR count). The third-order valence-electron chi connectivity index (χ3n) is 9.90. The van der Waals surface area contributed by atoms with Gasteiger partial charge < -0.3 is 4.90 Å². The first-order valence-corrected chi connectivity index (χ1v) is 15.9. The molecule has 0 bridgehead atoms. The van der Waals surface area contributed by atoms with E-state index in [1.54, 1.807) is 0 Å². The van der Waals surface area contributed by atoms with Crippen molar-refractivity contribution in [2.45, 2.75) is 36.5 Å². The number of hydrogen-bond acceptors (Lipinski definition) is 1. The van der Waals surface area contributed by atoms with Crippen LogP contribution in [0.15, 0.2) is 159 Å². The molecular formula is C43H43N2+. The van der Waals surface area contributed by atoms with Gasteiger partial charge in [0.1, 0.15) is 7.05 Å². The molecule has 45 heavy (non-hydrogen) atoms. The quantitative estimate of drug-likeness (QED) is 0.0961. The monoisotopic (exact) mass is 587 g/mol. The third-order valence-corrected chi connectivity index (χ3v) is 9.90. The van der Waals surface area contributed by atoms with Gasteiger partial charge in [-0.25, -0.2) is 0 Å². The molecule has 2 aliphatic rings. The van der Waals surface area contributed by atoms with Gasteiger partial charge in [-0.3, -0.25) is 0 Å². The van der Waals surface area contributed by atoms with E-state index in [2.05, 4.69) is 177 Å². The maximum absolute atomic E-state index is 4.17. The van der Waals surface area contributed by atoms with Crippen LogP contribution in [0.2, 0.25) is 0 Å². The van der Waals surface area contributed by atoms with Gasteiger partial charge in [0.25, 0.3) is 0 Å². The van der Waals surface area contributed by atoms with Crippen LogP contribution in [0.5, 0.6) is 0 Å². The van der Waals surface area contributed by atoms with Crippen LogP contribution in [-0.2, 0) is 10.8 Å². The Balaban J connectivity index is 1.41. The van der Waals surface area contributed by atoms with Crippen molar-refractivity contribution >= 4 is 38.6 Å². The Hall–Kier alpha value is -4.95. The lowest BCUT2D eigenvalue weighted by atomic mass is 9.70. The number of rotatable bonds is 11. The van der Waals surface area contributed by atoms with Crippen molar-refractivity contribution < 1.29 is 4.58 Å². The van der Waals surface area contributed by atoms with Gasteiger partial charge in [0.05, 0.1) is 5.41 Å². The first kappa shape index (κ1) is 30.1. The summed E-state index contributed by atoms with van der Waals surface area (Å²) >= 11 is 0.